The van der Waals surface area contributed by atoms with Gasteiger partial charge in [-0.3, -0.25) is 4.79 Å². The van der Waals surface area contributed by atoms with Crippen LogP contribution in [-0.4, -0.2) is 28.7 Å². The Morgan fingerprint density at radius 3 is 2.55 bits per heavy atom. The van der Waals surface area contributed by atoms with Gasteiger partial charge in [0.25, 0.3) is 0 Å². The van der Waals surface area contributed by atoms with E-state index in [9.17, 15) is 23.1 Å². The monoisotopic (exact) mass is 338 g/mol. The summed E-state index contributed by atoms with van der Waals surface area (Å²) in [5, 5.41) is 13.3. The van der Waals surface area contributed by atoms with E-state index in [2.05, 4.69) is 10.3 Å². The van der Waals surface area contributed by atoms with Crippen molar-refractivity contribution in [2.45, 2.75) is 51.8 Å². The van der Waals surface area contributed by atoms with Gasteiger partial charge in [-0.2, -0.15) is 13.2 Å². The van der Waals surface area contributed by atoms with E-state index in [4.69, 9.17) is 0 Å². The van der Waals surface area contributed by atoms with E-state index in [1.807, 2.05) is 13.8 Å². The number of halogens is 3. The summed E-state index contributed by atoms with van der Waals surface area (Å²) in [5.41, 5.74) is -2.87. The minimum atomic E-state index is -4.97. The molecular formula is C14H21F3N2O2S. The summed E-state index contributed by atoms with van der Waals surface area (Å²) in [6, 6.07) is 0. The van der Waals surface area contributed by atoms with E-state index >= 15 is 0 Å². The van der Waals surface area contributed by atoms with Gasteiger partial charge < -0.3 is 10.4 Å². The number of carbonyl (C=O) groups is 1. The molecule has 4 nitrogen and oxygen atoms in total. The Kier molecular flexibility index (Phi) is 6.37. The quantitative estimate of drug-likeness (QED) is 0.751. The third kappa shape index (κ3) is 4.95. The number of carbonyl (C=O) groups excluding carboxylic acids is 1. The van der Waals surface area contributed by atoms with Crippen molar-refractivity contribution >= 4 is 17.2 Å². The summed E-state index contributed by atoms with van der Waals surface area (Å²) in [7, 11) is 0. The number of alkyl halides is 3. The lowest BCUT2D eigenvalue weighted by atomic mass is 9.99. The van der Waals surface area contributed by atoms with Crippen LogP contribution in [0.15, 0.2) is 5.38 Å². The molecule has 0 bridgehead atoms. The lowest BCUT2D eigenvalue weighted by molar-refractivity contribution is -0.267. The van der Waals surface area contributed by atoms with Crippen LogP contribution in [0, 0.1) is 12.8 Å². The second kappa shape index (κ2) is 7.41. The van der Waals surface area contributed by atoms with Gasteiger partial charge in [0.15, 0.2) is 0 Å². The van der Waals surface area contributed by atoms with Crippen molar-refractivity contribution in [3.8, 4) is 0 Å². The molecule has 0 aromatic carbocycles. The second-order valence-corrected chi connectivity index (χ2v) is 6.57. The number of thiazole rings is 1. The molecule has 1 amide bonds. The molecule has 126 valence electrons. The molecule has 0 aliphatic carbocycles. The van der Waals surface area contributed by atoms with E-state index < -0.39 is 29.1 Å². The van der Waals surface area contributed by atoms with Crippen molar-refractivity contribution < 1.29 is 23.1 Å². The lowest BCUT2D eigenvalue weighted by Crippen LogP contribution is -2.46. The molecule has 0 radical (unpaired) electrons. The van der Waals surface area contributed by atoms with E-state index in [0.29, 0.717) is 35.9 Å². The molecule has 0 fully saturated rings. The van der Waals surface area contributed by atoms with Gasteiger partial charge in [0.2, 0.25) is 11.5 Å². The molecule has 0 saturated carbocycles. The number of aliphatic hydroxyl groups is 1. The molecule has 1 aromatic heterocycles. The molecule has 1 atom stereocenters. The fourth-order valence-electron chi connectivity index (χ4n) is 1.87. The molecule has 1 rings (SSSR count). The predicted molar refractivity (Wildman–Crippen MR) is 78.5 cm³/mol. The van der Waals surface area contributed by atoms with Crippen molar-refractivity contribution in [1.29, 1.82) is 0 Å². The number of rotatable bonds is 7. The van der Waals surface area contributed by atoms with Gasteiger partial charge in [-0.25, -0.2) is 4.98 Å². The Morgan fingerprint density at radius 2 is 2.09 bits per heavy atom. The molecule has 1 heterocycles. The highest BCUT2D eigenvalue weighted by atomic mass is 32.1. The first-order valence-electron chi connectivity index (χ1n) is 7.04. The van der Waals surface area contributed by atoms with Gasteiger partial charge in [-0.15, -0.1) is 11.3 Å². The highest BCUT2D eigenvalue weighted by Gasteiger charge is 2.58. The van der Waals surface area contributed by atoms with Gasteiger partial charge in [-0.1, -0.05) is 13.8 Å². The number of amides is 1. The standard InChI is InChI=1S/C14H21F3N2O2S/c1-9(2)5-4-6-18-11(20)7-13(21,14(15,16)17)12-19-10(3)8-22-12/h8-9,21H,4-7H2,1-3H3,(H,18,20). The number of hydrogen-bond acceptors (Lipinski definition) is 4. The summed E-state index contributed by atoms with van der Waals surface area (Å²) in [5.74, 6) is -0.376. The third-order valence-corrected chi connectivity index (χ3v) is 4.25. The van der Waals surface area contributed by atoms with Crippen molar-refractivity contribution in [3.05, 3.63) is 16.1 Å². The van der Waals surface area contributed by atoms with E-state index in [0.717, 1.165) is 6.42 Å². The molecule has 8 heteroatoms. The van der Waals surface area contributed by atoms with Crippen LogP contribution in [0.5, 0.6) is 0 Å². The highest BCUT2D eigenvalue weighted by Crippen LogP contribution is 2.42. The maximum absolute atomic E-state index is 13.2. The Hall–Kier alpha value is -1.15. The topological polar surface area (TPSA) is 62.2 Å². The van der Waals surface area contributed by atoms with Crippen molar-refractivity contribution in [3.63, 3.8) is 0 Å². The van der Waals surface area contributed by atoms with Crippen molar-refractivity contribution in [1.82, 2.24) is 10.3 Å². The molecule has 2 N–H and O–H groups in total. The smallest absolute Gasteiger partial charge is 0.374 e. The second-order valence-electron chi connectivity index (χ2n) is 5.71. The average Bonchev–Trinajstić information content (AvgIpc) is 2.80. The molecule has 1 unspecified atom stereocenters. The number of aryl methyl sites for hydroxylation is 1. The van der Waals surface area contributed by atoms with Gasteiger partial charge in [0.05, 0.1) is 6.42 Å². The normalized spacial score (nSPS) is 14.9. The lowest BCUT2D eigenvalue weighted by Gasteiger charge is -2.27. The number of nitrogens with one attached hydrogen (secondary N) is 1. The zero-order valence-electron chi connectivity index (χ0n) is 12.8. The molecule has 22 heavy (non-hydrogen) atoms. The van der Waals surface area contributed by atoms with Gasteiger partial charge in [0, 0.05) is 17.6 Å². The van der Waals surface area contributed by atoms with Crippen LogP contribution in [0.25, 0.3) is 0 Å². The van der Waals surface area contributed by atoms with Crippen LogP contribution in [0.4, 0.5) is 13.2 Å². The number of aromatic nitrogens is 1. The maximum atomic E-state index is 13.2. The largest absolute Gasteiger partial charge is 0.424 e. The Morgan fingerprint density at radius 1 is 1.45 bits per heavy atom. The summed E-state index contributed by atoms with van der Waals surface area (Å²) in [6.45, 7) is 5.87. The van der Waals surface area contributed by atoms with Crippen LogP contribution in [-0.2, 0) is 10.4 Å². The Labute approximate surface area is 131 Å². The molecule has 0 aliphatic heterocycles. The summed E-state index contributed by atoms with van der Waals surface area (Å²) >= 11 is 0.696. The zero-order valence-corrected chi connectivity index (χ0v) is 13.6. The average molecular weight is 338 g/mol. The van der Waals surface area contributed by atoms with E-state index in [-0.39, 0.29) is 0 Å². The van der Waals surface area contributed by atoms with Crippen molar-refractivity contribution in [2.24, 2.45) is 5.92 Å². The van der Waals surface area contributed by atoms with E-state index in [1.54, 1.807) is 0 Å². The number of nitrogens with zero attached hydrogens (tertiary/aromatic N) is 1. The van der Waals surface area contributed by atoms with E-state index in [1.165, 1.54) is 12.3 Å². The molecule has 0 aliphatic rings. The fraction of sp³-hybridized carbons (Fsp3) is 0.714. The van der Waals surface area contributed by atoms with Crippen molar-refractivity contribution in [2.75, 3.05) is 6.54 Å². The summed E-state index contributed by atoms with van der Waals surface area (Å²) in [4.78, 5) is 15.4. The summed E-state index contributed by atoms with van der Waals surface area (Å²) in [6.07, 6.45) is -4.49. The molecular weight excluding hydrogens is 317 g/mol. The minimum Gasteiger partial charge on any atom is -0.374 e. The highest BCUT2D eigenvalue weighted by molar-refractivity contribution is 7.09. The molecule has 0 spiro atoms. The maximum Gasteiger partial charge on any atom is 0.424 e. The Bertz CT molecular complexity index is 503. The van der Waals surface area contributed by atoms with Crippen LogP contribution >= 0.6 is 11.3 Å². The van der Waals surface area contributed by atoms with Crippen LogP contribution in [0.2, 0.25) is 0 Å². The first-order valence-corrected chi connectivity index (χ1v) is 7.92. The van der Waals surface area contributed by atoms with Gasteiger partial charge in [0.1, 0.15) is 5.01 Å². The van der Waals surface area contributed by atoms with Gasteiger partial charge in [-0.05, 0) is 25.7 Å². The van der Waals surface area contributed by atoms with Crippen LogP contribution < -0.4 is 5.32 Å². The molecule has 0 saturated heterocycles. The van der Waals surface area contributed by atoms with Crippen LogP contribution in [0.1, 0.15) is 43.8 Å². The molecule has 1 aromatic rings. The Balaban J connectivity index is 2.73. The first kappa shape index (κ1) is 18.9. The third-order valence-electron chi connectivity index (χ3n) is 3.14. The van der Waals surface area contributed by atoms with Gasteiger partial charge >= 0.3 is 6.18 Å². The minimum absolute atomic E-state index is 0.293. The fourth-order valence-corrected chi connectivity index (χ4v) is 2.79. The predicted octanol–water partition coefficient (Wildman–Crippen LogP) is 3.14. The first-order chi connectivity index (χ1) is 10.1. The SMILES string of the molecule is Cc1csc(C(O)(CC(=O)NCCCC(C)C)C(F)(F)F)n1. The zero-order chi connectivity index (χ0) is 17.0. The summed E-state index contributed by atoms with van der Waals surface area (Å²) < 4.78 is 39.6. The number of hydrogen-bond donors (Lipinski definition) is 2. The van der Waals surface area contributed by atoms with Crippen LogP contribution in [0.3, 0.4) is 0 Å².